The maximum Gasteiger partial charge on any atom is 0.243 e. The van der Waals surface area contributed by atoms with Crippen LogP contribution in [0.4, 0.5) is 0 Å². The number of hydrogen-bond donors (Lipinski definition) is 1. The second-order valence-corrected chi connectivity index (χ2v) is 9.45. The summed E-state index contributed by atoms with van der Waals surface area (Å²) in [7, 11) is -1.70. The average Bonchev–Trinajstić information content (AvgIpc) is 3.12. The van der Waals surface area contributed by atoms with Crippen molar-refractivity contribution in [2.45, 2.75) is 24.3 Å². The molecule has 4 rings (SSSR count). The number of nitrogens with one attached hydrogen (secondary N) is 1. The maximum absolute atomic E-state index is 12.9. The van der Waals surface area contributed by atoms with E-state index in [0.29, 0.717) is 51.2 Å². The van der Waals surface area contributed by atoms with E-state index in [1.165, 1.54) is 4.31 Å². The van der Waals surface area contributed by atoms with E-state index in [1.807, 2.05) is 41.9 Å². The van der Waals surface area contributed by atoms with Crippen molar-refractivity contribution in [1.82, 2.24) is 19.2 Å². The van der Waals surface area contributed by atoms with Crippen molar-refractivity contribution in [3.8, 4) is 0 Å². The molecule has 0 aliphatic carbocycles. The molecule has 2 aromatic carbocycles. The molecular weight excluding hydrogens is 416 g/mol. The monoisotopic (exact) mass is 442 g/mol. The van der Waals surface area contributed by atoms with E-state index in [9.17, 15) is 13.2 Å². The number of carbonyl (C=O) groups is 1. The molecule has 1 amide bonds. The van der Waals surface area contributed by atoms with Gasteiger partial charge in [0, 0.05) is 39.5 Å². The van der Waals surface area contributed by atoms with Gasteiger partial charge in [0.25, 0.3) is 0 Å². The SMILES string of the molecule is Cn1c(CCC(=O)NCc2ccccc2)nc2cc(S(=O)(=O)N3CCOCC3)ccc21. The highest BCUT2D eigenvalue weighted by molar-refractivity contribution is 7.89. The van der Waals surface area contributed by atoms with Crippen LogP contribution in [-0.4, -0.2) is 54.5 Å². The number of morpholine rings is 1. The lowest BCUT2D eigenvalue weighted by molar-refractivity contribution is -0.121. The molecule has 0 radical (unpaired) electrons. The Hall–Kier alpha value is -2.75. The van der Waals surface area contributed by atoms with Gasteiger partial charge >= 0.3 is 0 Å². The van der Waals surface area contributed by atoms with Crippen molar-refractivity contribution in [3.63, 3.8) is 0 Å². The van der Waals surface area contributed by atoms with Crippen LogP contribution in [0, 0.1) is 0 Å². The van der Waals surface area contributed by atoms with E-state index in [1.54, 1.807) is 18.2 Å². The molecule has 0 spiro atoms. The molecule has 1 aliphatic rings. The highest BCUT2D eigenvalue weighted by atomic mass is 32.2. The first-order chi connectivity index (χ1) is 14.9. The van der Waals surface area contributed by atoms with Crippen molar-refractivity contribution >= 4 is 27.0 Å². The molecule has 0 unspecified atom stereocenters. The third kappa shape index (κ3) is 4.79. The summed E-state index contributed by atoms with van der Waals surface area (Å²) in [5.74, 6) is 0.692. The number of ether oxygens (including phenoxy) is 1. The van der Waals surface area contributed by atoms with E-state index in [0.717, 1.165) is 16.9 Å². The Morgan fingerprint density at radius 1 is 1.13 bits per heavy atom. The Kier molecular flexibility index (Phi) is 6.35. The summed E-state index contributed by atoms with van der Waals surface area (Å²) < 4.78 is 34.4. The molecule has 1 aliphatic heterocycles. The molecule has 1 saturated heterocycles. The van der Waals surface area contributed by atoms with Gasteiger partial charge in [-0.15, -0.1) is 0 Å². The molecule has 0 atom stereocenters. The van der Waals surface area contributed by atoms with Crippen LogP contribution in [0.3, 0.4) is 0 Å². The Bertz CT molecular complexity index is 1170. The van der Waals surface area contributed by atoms with Crippen molar-refractivity contribution in [1.29, 1.82) is 0 Å². The number of carbonyl (C=O) groups excluding carboxylic acids is 1. The number of sulfonamides is 1. The topological polar surface area (TPSA) is 93.5 Å². The molecule has 3 aromatic rings. The van der Waals surface area contributed by atoms with Gasteiger partial charge in [0.2, 0.25) is 15.9 Å². The number of imidazole rings is 1. The van der Waals surface area contributed by atoms with E-state index in [2.05, 4.69) is 10.3 Å². The minimum Gasteiger partial charge on any atom is -0.379 e. The van der Waals surface area contributed by atoms with Crippen LogP contribution >= 0.6 is 0 Å². The first-order valence-electron chi connectivity index (χ1n) is 10.3. The number of fused-ring (bicyclic) bond motifs is 1. The van der Waals surface area contributed by atoms with Crippen LogP contribution in [0.25, 0.3) is 11.0 Å². The second kappa shape index (κ2) is 9.17. The Morgan fingerprint density at radius 2 is 1.87 bits per heavy atom. The van der Waals surface area contributed by atoms with Gasteiger partial charge in [-0.25, -0.2) is 13.4 Å². The molecule has 1 N–H and O–H groups in total. The summed E-state index contributed by atoms with van der Waals surface area (Å²) in [6.07, 6.45) is 0.778. The predicted octanol–water partition coefficient (Wildman–Crippen LogP) is 1.84. The Labute approximate surface area is 181 Å². The lowest BCUT2D eigenvalue weighted by atomic mass is 10.2. The fourth-order valence-corrected chi connectivity index (χ4v) is 5.09. The van der Waals surface area contributed by atoms with Crippen LogP contribution < -0.4 is 5.32 Å². The lowest BCUT2D eigenvalue weighted by Crippen LogP contribution is -2.40. The summed E-state index contributed by atoms with van der Waals surface area (Å²) in [5, 5.41) is 2.92. The van der Waals surface area contributed by atoms with Crippen molar-refractivity contribution in [3.05, 3.63) is 59.9 Å². The standard InChI is InChI=1S/C22H26N4O4S/c1-25-20-8-7-18(31(28,29)26-11-13-30-14-12-26)15-19(20)24-21(25)9-10-22(27)23-16-17-5-3-2-4-6-17/h2-8,15H,9-14,16H2,1H3,(H,23,27). The van der Waals surface area contributed by atoms with Crippen LogP contribution in [0.5, 0.6) is 0 Å². The number of benzene rings is 2. The Morgan fingerprint density at radius 3 is 2.61 bits per heavy atom. The van der Waals surface area contributed by atoms with Gasteiger partial charge in [-0.1, -0.05) is 30.3 Å². The summed E-state index contributed by atoms with van der Waals surface area (Å²) >= 11 is 0. The zero-order valence-electron chi connectivity index (χ0n) is 17.5. The average molecular weight is 443 g/mol. The van der Waals surface area contributed by atoms with Gasteiger partial charge in [-0.3, -0.25) is 4.79 Å². The zero-order valence-corrected chi connectivity index (χ0v) is 18.3. The lowest BCUT2D eigenvalue weighted by Gasteiger charge is -2.26. The van der Waals surface area contributed by atoms with Gasteiger partial charge in [0.1, 0.15) is 5.82 Å². The van der Waals surface area contributed by atoms with Gasteiger partial charge in [0.05, 0.1) is 29.1 Å². The van der Waals surface area contributed by atoms with Crippen molar-refractivity contribution < 1.29 is 17.9 Å². The third-order valence-corrected chi connectivity index (χ3v) is 7.36. The minimum absolute atomic E-state index is 0.0495. The molecule has 164 valence electrons. The molecule has 31 heavy (non-hydrogen) atoms. The normalized spacial score (nSPS) is 15.3. The highest BCUT2D eigenvalue weighted by Crippen LogP contribution is 2.23. The first-order valence-corrected chi connectivity index (χ1v) is 11.7. The summed E-state index contributed by atoms with van der Waals surface area (Å²) in [6.45, 7) is 2.01. The zero-order chi connectivity index (χ0) is 21.8. The van der Waals surface area contributed by atoms with Gasteiger partial charge in [0.15, 0.2) is 0 Å². The first kappa shape index (κ1) is 21.5. The van der Waals surface area contributed by atoms with Gasteiger partial charge in [-0.05, 0) is 23.8 Å². The molecule has 9 heteroatoms. The Balaban J connectivity index is 1.44. The third-order valence-electron chi connectivity index (χ3n) is 5.46. The summed E-state index contributed by atoms with van der Waals surface area (Å²) in [6, 6.07) is 14.7. The quantitative estimate of drug-likeness (QED) is 0.603. The smallest absolute Gasteiger partial charge is 0.243 e. The summed E-state index contributed by atoms with van der Waals surface area (Å²) in [4.78, 5) is 17.1. The van der Waals surface area contributed by atoms with Gasteiger partial charge < -0.3 is 14.6 Å². The summed E-state index contributed by atoms with van der Waals surface area (Å²) in [5.41, 5.74) is 2.49. The number of amides is 1. The van der Waals surface area contributed by atoms with Crippen molar-refractivity contribution in [2.24, 2.45) is 7.05 Å². The maximum atomic E-state index is 12.9. The molecule has 2 heterocycles. The number of hydrogen-bond acceptors (Lipinski definition) is 5. The van der Waals surface area contributed by atoms with E-state index >= 15 is 0 Å². The van der Waals surface area contributed by atoms with Crippen LogP contribution in [0.2, 0.25) is 0 Å². The molecule has 0 bridgehead atoms. The van der Waals surface area contributed by atoms with E-state index in [4.69, 9.17) is 4.74 Å². The molecule has 1 fully saturated rings. The van der Waals surface area contributed by atoms with E-state index < -0.39 is 10.0 Å². The number of aryl methyl sites for hydroxylation is 2. The predicted molar refractivity (Wildman–Crippen MR) is 117 cm³/mol. The number of rotatable bonds is 7. The molecule has 8 nitrogen and oxygen atoms in total. The number of aromatic nitrogens is 2. The largest absolute Gasteiger partial charge is 0.379 e. The van der Waals surface area contributed by atoms with Crippen molar-refractivity contribution in [2.75, 3.05) is 26.3 Å². The van der Waals surface area contributed by atoms with Crippen LogP contribution in [-0.2, 0) is 39.6 Å². The molecule has 1 aromatic heterocycles. The van der Waals surface area contributed by atoms with Gasteiger partial charge in [-0.2, -0.15) is 4.31 Å². The highest BCUT2D eigenvalue weighted by Gasteiger charge is 2.27. The fraction of sp³-hybridized carbons (Fsp3) is 0.364. The molecule has 0 saturated carbocycles. The van der Waals surface area contributed by atoms with Crippen LogP contribution in [0.15, 0.2) is 53.4 Å². The molecular formula is C22H26N4O4S. The number of nitrogens with zero attached hydrogens (tertiary/aromatic N) is 3. The second-order valence-electron chi connectivity index (χ2n) is 7.52. The fourth-order valence-electron chi connectivity index (χ4n) is 3.66. The minimum atomic E-state index is -3.58. The van der Waals surface area contributed by atoms with E-state index in [-0.39, 0.29) is 10.8 Å². The van der Waals surface area contributed by atoms with Crippen LogP contribution in [0.1, 0.15) is 17.8 Å².